The van der Waals surface area contributed by atoms with Gasteiger partial charge in [-0.2, -0.15) is 0 Å². The van der Waals surface area contributed by atoms with Crippen LogP contribution >= 0.6 is 11.8 Å². The molecule has 0 aromatic heterocycles. The Hall–Kier alpha value is -2.87. The van der Waals surface area contributed by atoms with Gasteiger partial charge in [0.05, 0.1) is 16.9 Å². The molecular weight excluding hydrogens is 349 g/mol. The predicted molar refractivity (Wildman–Crippen MR) is 90.7 cm³/mol. The van der Waals surface area contributed by atoms with Crippen molar-refractivity contribution >= 4 is 29.3 Å². The summed E-state index contributed by atoms with van der Waals surface area (Å²) in [5.41, 5.74) is 0.464. The molecule has 6 nitrogen and oxygen atoms in total. The Morgan fingerprint density at radius 2 is 2.16 bits per heavy atom. The van der Waals surface area contributed by atoms with Crippen molar-refractivity contribution in [3.05, 3.63) is 63.0 Å². The number of carbonyl (C=O) groups is 1. The summed E-state index contributed by atoms with van der Waals surface area (Å²) >= 11 is 1.19. The third-order valence-corrected chi connectivity index (χ3v) is 4.87. The van der Waals surface area contributed by atoms with Gasteiger partial charge in [0.2, 0.25) is 5.75 Å². The highest BCUT2D eigenvalue weighted by Crippen LogP contribution is 2.39. The first-order chi connectivity index (χ1) is 11.9. The van der Waals surface area contributed by atoms with Crippen LogP contribution in [0.25, 0.3) is 6.08 Å². The van der Waals surface area contributed by atoms with Gasteiger partial charge in [-0.25, -0.2) is 4.39 Å². The molecule has 0 radical (unpaired) electrons. The van der Waals surface area contributed by atoms with E-state index in [4.69, 9.17) is 4.74 Å². The summed E-state index contributed by atoms with van der Waals surface area (Å²) in [6.07, 6.45) is 1.48. The third-order valence-electron chi connectivity index (χ3n) is 3.71. The molecule has 0 saturated carbocycles. The number of nitro groups is 1. The maximum atomic E-state index is 13.8. The van der Waals surface area contributed by atoms with E-state index in [9.17, 15) is 24.4 Å². The van der Waals surface area contributed by atoms with Crippen LogP contribution < -0.4 is 4.74 Å². The zero-order valence-corrected chi connectivity index (χ0v) is 13.8. The minimum absolute atomic E-state index is 0.0663. The lowest BCUT2D eigenvalue weighted by molar-refractivity contribution is -0.386. The van der Waals surface area contributed by atoms with Gasteiger partial charge >= 0.3 is 5.69 Å². The Kier molecular flexibility index (Phi) is 4.45. The fourth-order valence-electron chi connectivity index (χ4n) is 2.52. The molecule has 0 atom stereocenters. The molecule has 2 aromatic carbocycles. The number of nitro benzene ring substituents is 1. The molecule has 0 fully saturated rings. The van der Waals surface area contributed by atoms with Crippen molar-refractivity contribution in [3.8, 4) is 11.5 Å². The van der Waals surface area contributed by atoms with Crippen LogP contribution in [0.5, 0.6) is 11.5 Å². The van der Waals surface area contributed by atoms with Crippen LogP contribution in [-0.4, -0.2) is 28.7 Å². The number of ether oxygens (including phenoxy) is 1. The number of nitrogens with zero attached hydrogens (tertiary/aromatic N) is 1. The summed E-state index contributed by atoms with van der Waals surface area (Å²) in [5.74, 6) is -1.18. The Morgan fingerprint density at radius 3 is 2.84 bits per heavy atom. The number of rotatable bonds is 3. The number of phenolic OH excluding ortho intramolecular Hbond substituents is 1. The second kappa shape index (κ2) is 6.56. The first kappa shape index (κ1) is 17.0. The monoisotopic (exact) mass is 361 g/mol. The summed E-state index contributed by atoms with van der Waals surface area (Å²) < 4.78 is 18.7. The van der Waals surface area contributed by atoms with E-state index < -0.39 is 22.2 Å². The summed E-state index contributed by atoms with van der Waals surface area (Å²) in [6.45, 7) is 0. The maximum absolute atomic E-state index is 13.8. The van der Waals surface area contributed by atoms with E-state index in [2.05, 4.69) is 0 Å². The highest BCUT2D eigenvalue weighted by atomic mass is 32.2. The second-order valence-corrected chi connectivity index (χ2v) is 6.24. The number of hydrogen-bond donors (Lipinski definition) is 1. The van der Waals surface area contributed by atoms with Crippen LogP contribution in [-0.2, 0) is 0 Å². The lowest BCUT2D eigenvalue weighted by Gasteiger charge is -2.17. The average molecular weight is 361 g/mol. The zero-order valence-electron chi connectivity index (χ0n) is 13.0. The fraction of sp³-hybridized carbons (Fsp3) is 0.118. The molecule has 2 aromatic rings. The minimum Gasteiger partial charge on any atom is -0.500 e. The van der Waals surface area contributed by atoms with Crippen LogP contribution in [0.1, 0.15) is 15.9 Å². The number of phenols is 1. The Morgan fingerprint density at radius 1 is 1.40 bits per heavy atom. The van der Waals surface area contributed by atoms with E-state index >= 15 is 0 Å². The summed E-state index contributed by atoms with van der Waals surface area (Å²) in [7, 11) is 1.27. The van der Waals surface area contributed by atoms with E-state index in [0.717, 1.165) is 6.07 Å². The smallest absolute Gasteiger partial charge is 0.315 e. The Bertz CT molecular complexity index is 925. The second-order valence-electron chi connectivity index (χ2n) is 5.25. The first-order valence-electron chi connectivity index (χ1n) is 7.14. The van der Waals surface area contributed by atoms with Crippen molar-refractivity contribution in [2.75, 3.05) is 12.9 Å². The quantitative estimate of drug-likeness (QED) is 0.508. The standard InChI is InChI=1S/C17H12FNO5S/c1-24-14-7-9(6-13(16(14)21)19(22)23)5-10-8-25-17-11(15(10)20)3-2-4-12(17)18/h2-7,21H,8H2,1H3/b10-5-. The number of aromatic hydroxyl groups is 1. The summed E-state index contributed by atoms with van der Waals surface area (Å²) in [4.78, 5) is 23.2. The molecule has 0 spiro atoms. The number of fused-ring (bicyclic) bond motifs is 1. The number of thioether (sulfide) groups is 1. The number of Topliss-reactive ketones (excluding diaryl/α,β-unsaturated/α-hetero) is 1. The summed E-state index contributed by atoms with van der Waals surface area (Å²) in [6, 6.07) is 6.85. The molecule has 1 N–H and O–H groups in total. The van der Waals surface area contributed by atoms with Crippen molar-refractivity contribution in [3.63, 3.8) is 0 Å². The highest BCUT2D eigenvalue weighted by molar-refractivity contribution is 7.99. The van der Waals surface area contributed by atoms with Crippen molar-refractivity contribution in [2.24, 2.45) is 0 Å². The molecule has 1 aliphatic rings. The maximum Gasteiger partial charge on any atom is 0.315 e. The Balaban J connectivity index is 2.06. The number of carbonyl (C=O) groups excluding carboxylic acids is 1. The van der Waals surface area contributed by atoms with E-state index in [-0.39, 0.29) is 22.8 Å². The summed E-state index contributed by atoms with van der Waals surface area (Å²) in [5, 5.41) is 20.9. The van der Waals surface area contributed by atoms with Gasteiger partial charge in [-0.15, -0.1) is 11.8 Å². The lowest BCUT2D eigenvalue weighted by atomic mass is 10.0. The van der Waals surface area contributed by atoms with Crippen LogP contribution in [0.2, 0.25) is 0 Å². The number of halogens is 1. The normalized spacial score (nSPS) is 15.1. The molecular formula is C17H12FNO5S. The molecule has 0 amide bonds. The molecule has 0 bridgehead atoms. The molecule has 128 valence electrons. The van der Waals surface area contributed by atoms with Gasteiger partial charge in [0.1, 0.15) is 5.82 Å². The molecule has 3 rings (SSSR count). The van der Waals surface area contributed by atoms with Crippen LogP contribution in [0, 0.1) is 15.9 Å². The molecule has 0 saturated heterocycles. The number of methoxy groups -OCH3 is 1. The van der Waals surface area contributed by atoms with Gasteiger partial charge in [0.25, 0.3) is 0 Å². The van der Waals surface area contributed by atoms with E-state index in [1.165, 1.54) is 43.1 Å². The SMILES string of the molecule is COc1cc(/C=C2/CSc3c(F)cccc3C2=O)cc([N+](=O)[O-])c1O. The van der Waals surface area contributed by atoms with Crippen molar-refractivity contribution in [1.29, 1.82) is 0 Å². The van der Waals surface area contributed by atoms with Crippen molar-refractivity contribution in [1.82, 2.24) is 0 Å². The lowest BCUT2D eigenvalue weighted by Crippen LogP contribution is -2.13. The molecule has 8 heteroatoms. The number of benzene rings is 2. The first-order valence-corrected chi connectivity index (χ1v) is 8.13. The fourth-order valence-corrected chi connectivity index (χ4v) is 3.56. The zero-order chi connectivity index (χ0) is 18.1. The molecule has 0 aliphatic carbocycles. The van der Waals surface area contributed by atoms with Crippen LogP contribution in [0.4, 0.5) is 10.1 Å². The Labute approximate surface area is 146 Å². The van der Waals surface area contributed by atoms with Crippen molar-refractivity contribution < 1.29 is 24.0 Å². The molecule has 0 unspecified atom stereocenters. The van der Waals surface area contributed by atoms with Gasteiger partial charge in [0.15, 0.2) is 11.5 Å². The van der Waals surface area contributed by atoms with Crippen LogP contribution in [0.3, 0.4) is 0 Å². The van der Waals surface area contributed by atoms with E-state index in [0.29, 0.717) is 16.0 Å². The average Bonchev–Trinajstić information content (AvgIpc) is 2.59. The molecule has 1 heterocycles. The van der Waals surface area contributed by atoms with Gasteiger partial charge < -0.3 is 9.84 Å². The minimum atomic E-state index is -0.734. The van der Waals surface area contributed by atoms with E-state index in [1.54, 1.807) is 6.07 Å². The van der Waals surface area contributed by atoms with Crippen LogP contribution in [0.15, 0.2) is 40.8 Å². The largest absolute Gasteiger partial charge is 0.500 e. The van der Waals surface area contributed by atoms with Crippen molar-refractivity contribution in [2.45, 2.75) is 4.90 Å². The topological polar surface area (TPSA) is 89.7 Å². The van der Waals surface area contributed by atoms with Gasteiger partial charge in [0, 0.05) is 23.0 Å². The number of hydrogen-bond acceptors (Lipinski definition) is 6. The molecule has 25 heavy (non-hydrogen) atoms. The van der Waals surface area contributed by atoms with Gasteiger partial charge in [-0.3, -0.25) is 14.9 Å². The van der Waals surface area contributed by atoms with Gasteiger partial charge in [-0.1, -0.05) is 6.07 Å². The molecule has 1 aliphatic heterocycles. The highest BCUT2D eigenvalue weighted by Gasteiger charge is 2.26. The predicted octanol–water partition coefficient (Wildman–Crippen LogP) is 3.82. The third kappa shape index (κ3) is 3.08. The van der Waals surface area contributed by atoms with Gasteiger partial charge in [-0.05, 0) is 29.8 Å². The number of ketones is 1. The van der Waals surface area contributed by atoms with E-state index in [1.807, 2.05) is 0 Å².